The molecule has 2 rings (SSSR count). The largest absolute Gasteiger partial charge is 0.299 e. The molecule has 1 aromatic rings. The molecule has 1 unspecified atom stereocenters. The lowest BCUT2D eigenvalue weighted by Gasteiger charge is -2.19. The van der Waals surface area contributed by atoms with Crippen molar-refractivity contribution in [2.24, 2.45) is 0 Å². The molecule has 76 valence electrons. The Morgan fingerprint density at radius 3 is 2.50 bits per heavy atom. The van der Waals surface area contributed by atoms with Crippen molar-refractivity contribution in [1.29, 1.82) is 0 Å². The summed E-state index contributed by atoms with van der Waals surface area (Å²) in [5.41, 5.74) is 2.93. The molecule has 1 aromatic carbocycles. The molecule has 1 fully saturated rings. The van der Waals surface area contributed by atoms with E-state index in [1.54, 1.807) is 0 Å². The van der Waals surface area contributed by atoms with Crippen LogP contribution >= 0.6 is 0 Å². The molecule has 0 bridgehead atoms. The summed E-state index contributed by atoms with van der Waals surface area (Å²) in [5.74, 6) is 0. The van der Waals surface area contributed by atoms with Gasteiger partial charge >= 0.3 is 0 Å². The fourth-order valence-corrected chi connectivity index (χ4v) is 2.31. The molecule has 0 aliphatic carbocycles. The van der Waals surface area contributed by atoms with Gasteiger partial charge in [0, 0.05) is 6.04 Å². The lowest BCUT2D eigenvalue weighted by Crippen LogP contribution is -2.17. The van der Waals surface area contributed by atoms with Crippen LogP contribution < -0.4 is 0 Å². The minimum absolute atomic E-state index is 0.668. The average molecular weight is 189 g/mol. The Labute approximate surface area is 86.7 Å². The number of likely N-dealkylation sites (tertiary alicyclic amines) is 1. The third-order valence-electron chi connectivity index (χ3n) is 3.29. The van der Waals surface area contributed by atoms with Crippen LogP contribution in [0.15, 0.2) is 24.3 Å². The number of hydrogen-bond donors (Lipinski definition) is 0. The van der Waals surface area contributed by atoms with E-state index < -0.39 is 0 Å². The van der Waals surface area contributed by atoms with Crippen LogP contribution in [0, 0.1) is 0 Å². The first-order chi connectivity index (χ1) is 6.81. The van der Waals surface area contributed by atoms with Crippen LogP contribution in [0.5, 0.6) is 0 Å². The minimum atomic E-state index is 0.668. The quantitative estimate of drug-likeness (QED) is 0.691. The van der Waals surface area contributed by atoms with Crippen molar-refractivity contribution in [2.75, 3.05) is 13.6 Å². The lowest BCUT2D eigenvalue weighted by molar-refractivity contribution is 0.317. The fourth-order valence-electron chi connectivity index (χ4n) is 2.31. The van der Waals surface area contributed by atoms with Crippen LogP contribution in [0.1, 0.15) is 36.9 Å². The maximum atomic E-state index is 2.46. The van der Waals surface area contributed by atoms with Gasteiger partial charge in [0.05, 0.1) is 0 Å². The third kappa shape index (κ3) is 1.83. The van der Waals surface area contributed by atoms with Crippen LogP contribution in [0.25, 0.3) is 0 Å². The van der Waals surface area contributed by atoms with Crippen LogP contribution in [0.4, 0.5) is 0 Å². The molecule has 1 heterocycles. The highest BCUT2D eigenvalue weighted by Crippen LogP contribution is 2.30. The van der Waals surface area contributed by atoms with Crippen LogP contribution in [-0.4, -0.2) is 18.5 Å². The molecule has 14 heavy (non-hydrogen) atoms. The molecule has 0 aromatic heterocycles. The molecular weight excluding hydrogens is 170 g/mol. The summed E-state index contributed by atoms with van der Waals surface area (Å²) in [5, 5.41) is 0. The summed E-state index contributed by atoms with van der Waals surface area (Å²) < 4.78 is 0. The highest BCUT2D eigenvalue weighted by Gasteiger charge is 2.21. The molecular formula is C13H19N. The van der Waals surface area contributed by atoms with Crippen molar-refractivity contribution in [3.63, 3.8) is 0 Å². The SMILES string of the molecule is CCc1ccc(C2CCCN2C)cc1. The summed E-state index contributed by atoms with van der Waals surface area (Å²) in [4.78, 5) is 2.46. The number of benzene rings is 1. The Morgan fingerprint density at radius 1 is 1.29 bits per heavy atom. The molecule has 0 N–H and O–H groups in total. The second kappa shape index (κ2) is 4.14. The lowest BCUT2D eigenvalue weighted by atomic mass is 10.0. The van der Waals surface area contributed by atoms with Crippen molar-refractivity contribution >= 4 is 0 Å². The van der Waals surface area contributed by atoms with Gasteiger partial charge in [-0.2, -0.15) is 0 Å². The van der Waals surface area contributed by atoms with Gasteiger partial charge in [0.1, 0.15) is 0 Å². The summed E-state index contributed by atoms with van der Waals surface area (Å²) in [7, 11) is 2.23. The zero-order valence-corrected chi connectivity index (χ0v) is 9.16. The van der Waals surface area contributed by atoms with Gasteiger partial charge in [-0.05, 0) is 44.0 Å². The zero-order valence-electron chi connectivity index (χ0n) is 9.16. The van der Waals surface area contributed by atoms with Crippen LogP contribution in [0.3, 0.4) is 0 Å². The Balaban J connectivity index is 2.16. The first-order valence-electron chi connectivity index (χ1n) is 5.60. The van der Waals surface area contributed by atoms with Crippen molar-refractivity contribution < 1.29 is 0 Å². The van der Waals surface area contributed by atoms with E-state index in [-0.39, 0.29) is 0 Å². The molecule has 1 aliphatic heterocycles. The normalized spacial score (nSPS) is 22.9. The van der Waals surface area contributed by atoms with E-state index in [0.717, 1.165) is 6.42 Å². The van der Waals surface area contributed by atoms with E-state index in [1.807, 2.05) is 0 Å². The molecule has 0 radical (unpaired) electrons. The van der Waals surface area contributed by atoms with Gasteiger partial charge in [0.25, 0.3) is 0 Å². The van der Waals surface area contributed by atoms with E-state index in [0.29, 0.717) is 6.04 Å². The Kier molecular flexibility index (Phi) is 2.87. The number of aryl methyl sites for hydroxylation is 1. The predicted molar refractivity (Wildman–Crippen MR) is 60.4 cm³/mol. The Hall–Kier alpha value is -0.820. The highest BCUT2D eigenvalue weighted by molar-refractivity contribution is 5.25. The minimum Gasteiger partial charge on any atom is -0.299 e. The predicted octanol–water partition coefficient (Wildman–Crippen LogP) is 3.02. The molecule has 1 heteroatoms. The van der Waals surface area contributed by atoms with Gasteiger partial charge in [-0.15, -0.1) is 0 Å². The first kappa shape index (κ1) is 9.72. The second-order valence-electron chi connectivity index (χ2n) is 4.23. The van der Waals surface area contributed by atoms with E-state index in [2.05, 4.69) is 43.1 Å². The van der Waals surface area contributed by atoms with Crippen LogP contribution in [-0.2, 0) is 6.42 Å². The standard InChI is InChI=1S/C13H19N/c1-3-11-6-8-12(9-7-11)13-5-4-10-14(13)2/h6-9,13H,3-5,10H2,1-2H3. The average Bonchev–Trinajstić information content (AvgIpc) is 2.65. The maximum Gasteiger partial charge on any atom is 0.0345 e. The van der Waals surface area contributed by atoms with Crippen molar-refractivity contribution in [3.05, 3.63) is 35.4 Å². The molecule has 0 spiro atoms. The van der Waals surface area contributed by atoms with Gasteiger partial charge in [-0.25, -0.2) is 0 Å². The molecule has 0 amide bonds. The van der Waals surface area contributed by atoms with E-state index >= 15 is 0 Å². The van der Waals surface area contributed by atoms with Crippen molar-refractivity contribution in [1.82, 2.24) is 4.90 Å². The van der Waals surface area contributed by atoms with Gasteiger partial charge in [0.15, 0.2) is 0 Å². The van der Waals surface area contributed by atoms with E-state index in [9.17, 15) is 0 Å². The van der Waals surface area contributed by atoms with Gasteiger partial charge in [0.2, 0.25) is 0 Å². The topological polar surface area (TPSA) is 3.24 Å². The maximum absolute atomic E-state index is 2.46. The number of hydrogen-bond acceptors (Lipinski definition) is 1. The third-order valence-corrected chi connectivity index (χ3v) is 3.29. The number of nitrogens with zero attached hydrogens (tertiary/aromatic N) is 1. The summed E-state index contributed by atoms with van der Waals surface area (Å²) >= 11 is 0. The molecule has 1 aliphatic rings. The fraction of sp³-hybridized carbons (Fsp3) is 0.538. The summed E-state index contributed by atoms with van der Waals surface area (Å²) in [6, 6.07) is 9.79. The molecule has 1 saturated heterocycles. The van der Waals surface area contributed by atoms with E-state index in [4.69, 9.17) is 0 Å². The zero-order chi connectivity index (χ0) is 9.97. The van der Waals surface area contributed by atoms with Crippen molar-refractivity contribution in [2.45, 2.75) is 32.2 Å². The Bertz CT molecular complexity index is 289. The Morgan fingerprint density at radius 2 is 2.00 bits per heavy atom. The molecule has 1 nitrogen and oxygen atoms in total. The molecule has 1 atom stereocenters. The van der Waals surface area contributed by atoms with E-state index in [1.165, 1.54) is 30.5 Å². The summed E-state index contributed by atoms with van der Waals surface area (Å²) in [6.07, 6.45) is 3.81. The highest BCUT2D eigenvalue weighted by atomic mass is 15.1. The molecule has 0 saturated carbocycles. The monoisotopic (exact) mass is 189 g/mol. The van der Waals surface area contributed by atoms with Crippen molar-refractivity contribution in [3.8, 4) is 0 Å². The second-order valence-corrected chi connectivity index (χ2v) is 4.23. The van der Waals surface area contributed by atoms with Gasteiger partial charge in [-0.1, -0.05) is 31.2 Å². The van der Waals surface area contributed by atoms with Gasteiger partial charge in [-0.3, -0.25) is 4.90 Å². The summed E-state index contributed by atoms with van der Waals surface area (Å²) in [6.45, 7) is 3.46. The first-order valence-corrected chi connectivity index (χ1v) is 5.60. The smallest absolute Gasteiger partial charge is 0.0345 e. The van der Waals surface area contributed by atoms with Crippen LogP contribution in [0.2, 0.25) is 0 Å². The van der Waals surface area contributed by atoms with Gasteiger partial charge < -0.3 is 0 Å². The number of rotatable bonds is 2.